The molecule has 4 aromatic rings. The Morgan fingerprint density at radius 2 is 1.54 bits per heavy atom. The van der Waals surface area contributed by atoms with Crippen molar-refractivity contribution in [1.29, 1.82) is 0 Å². The van der Waals surface area contributed by atoms with Gasteiger partial charge in [-0.2, -0.15) is 0 Å². The van der Waals surface area contributed by atoms with E-state index in [1.807, 2.05) is 54.6 Å². The first kappa shape index (κ1) is 29.6. The zero-order valence-electron chi connectivity index (χ0n) is 22.5. The van der Waals surface area contributed by atoms with Gasteiger partial charge in [0.05, 0.1) is 23.6 Å². The summed E-state index contributed by atoms with van der Waals surface area (Å²) in [7, 11) is -3.56. The molecule has 41 heavy (non-hydrogen) atoms. The number of hydrogen-bond acceptors (Lipinski definition) is 7. The molecule has 0 heterocycles. The number of rotatable bonds is 14. The normalized spacial score (nSPS) is 12.0. The van der Waals surface area contributed by atoms with Gasteiger partial charge in [0.2, 0.25) is 10.0 Å². The number of nitrogens with one attached hydrogen (secondary N) is 2. The molecule has 1 atom stereocenters. The molecule has 0 bridgehead atoms. The molecule has 4 aromatic carbocycles. The minimum Gasteiger partial charge on any atom is -0.492 e. The van der Waals surface area contributed by atoms with Crippen LogP contribution in [0.4, 0.5) is 5.69 Å². The predicted molar refractivity (Wildman–Crippen MR) is 158 cm³/mol. The summed E-state index contributed by atoms with van der Waals surface area (Å²) in [6.45, 7) is 1.34. The van der Waals surface area contributed by atoms with Crippen LogP contribution in [0.25, 0.3) is 11.1 Å². The number of carbonyl (C=O) groups is 1. The number of ether oxygens (including phenoxy) is 2. The number of aliphatic hydroxyl groups is 1. The van der Waals surface area contributed by atoms with E-state index in [0.717, 1.165) is 22.9 Å². The molecule has 4 N–H and O–H groups in total. The van der Waals surface area contributed by atoms with Crippen molar-refractivity contribution in [1.82, 2.24) is 5.32 Å². The molecule has 9 nitrogen and oxygen atoms in total. The monoisotopic (exact) mass is 576 g/mol. The van der Waals surface area contributed by atoms with Crippen LogP contribution in [0.3, 0.4) is 0 Å². The van der Waals surface area contributed by atoms with Crippen LogP contribution in [-0.2, 0) is 16.6 Å². The highest BCUT2D eigenvalue weighted by Crippen LogP contribution is 2.30. The Balaban J connectivity index is 1.26. The highest BCUT2D eigenvalue weighted by atomic mass is 32.2. The van der Waals surface area contributed by atoms with Crippen LogP contribution in [0.5, 0.6) is 11.5 Å². The maximum absolute atomic E-state index is 11.9. The van der Waals surface area contributed by atoms with E-state index >= 15 is 0 Å². The van der Waals surface area contributed by atoms with Crippen molar-refractivity contribution in [2.75, 3.05) is 30.7 Å². The van der Waals surface area contributed by atoms with Crippen molar-refractivity contribution in [3.8, 4) is 22.6 Å². The van der Waals surface area contributed by atoms with Crippen LogP contribution in [-0.4, -0.2) is 50.6 Å². The summed E-state index contributed by atoms with van der Waals surface area (Å²) < 4.78 is 37.9. The number of carboxylic acid groups (broad SMARTS) is 1. The van der Waals surface area contributed by atoms with Crippen LogP contribution in [0, 0.1) is 0 Å². The van der Waals surface area contributed by atoms with Crippen LogP contribution >= 0.6 is 0 Å². The third-order valence-electron chi connectivity index (χ3n) is 6.13. The topological polar surface area (TPSA) is 134 Å². The number of sulfonamides is 1. The smallest absolute Gasteiger partial charge is 0.335 e. The van der Waals surface area contributed by atoms with Crippen LogP contribution < -0.4 is 19.5 Å². The maximum atomic E-state index is 11.9. The van der Waals surface area contributed by atoms with Crippen LogP contribution in [0.1, 0.15) is 27.6 Å². The zero-order chi connectivity index (χ0) is 29.2. The van der Waals surface area contributed by atoms with Gasteiger partial charge in [0.25, 0.3) is 0 Å². The number of aromatic carboxylic acids is 1. The summed E-state index contributed by atoms with van der Waals surface area (Å²) in [6.07, 6.45) is 0.176. The number of carboxylic acids is 1. The van der Waals surface area contributed by atoms with E-state index in [-0.39, 0.29) is 24.4 Å². The fraction of sp³-hybridized carbons (Fsp3) is 0.194. The molecule has 214 valence electrons. The van der Waals surface area contributed by atoms with E-state index in [2.05, 4.69) is 10.0 Å². The molecule has 0 aliphatic carbocycles. The van der Waals surface area contributed by atoms with E-state index in [4.69, 9.17) is 14.6 Å². The SMILES string of the molecule is CS(=O)(=O)Nc1cc([C@@H](O)CNCCOc2ccc(-c3ccc(C(=O)O)cc3)cc2)ccc1OCc1ccccc1. The minimum atomic E-state index is -3.56. The summed E-state index contributed by atoms with van der Waals surface area (Å²) in [5, 5.41) is 22.9. The van der Waals surface area contributed by atoms with Gasteiger partial charge in [-0.15, -0.1) is 0 Å². The largest absolute Gasteiger partial charge is 0.492 e. The second-order valence-electron chi connectivity index (χ2n) is 9.38. The highest BCUT2D eigenvalue weighted by molar-refractivity contribution is 7.92. The Morgan fingerprint density at radius 1 is 0.878 bits per heavy atom. The molecule has 0 saturated heterocycles. The lowest BCUT2D eigenvalue weighted by molar-refractivity contribution is 0.0697. The van der Waals surface area contributed by atoms with Crippen molar-refractivity contribution < 1.29 is 32.9 Å². The molecule has 0 spiro atoms. The maximum Gasteiger partial charge on any atom is 0.335 e. The number of hydrogen-bond donors (Lipinski definition) is 4. The first-order chi connectivity index (χ1) is 19.7. The Bertz CT molecular complexity index is 1540. The van der Waals surface area contributed by atoms with Gasteiger partial charge in [-0.1, -0.05) is 60.7 Å². The van der Waals surface area contributed by atoms with Crippen molar-refractivity contribution >= 4 is 21.7 Å². The minimum absolute atomic E-state index is 0.233. The first-order valence-electron chi connectivity index (χ1n) is 12.9. The molecule has 0 aliphatic rings. The summed E-state index contributed by atoms with van der Waals surface area (Å²) in [6, 6.07) is 28.6. The lowest BCUT2D eigenvalue weighted by atomic mass is 10.0. The summed E-state index contributed by atoms with van der Waals surface area (Å²) in [4.78, 5) is 11.0. The van der Waals surface area contributed by atoms with Gasteiger partial charge in [-0.3, -0.25) is 4.72 Å². The lowest BCUT2D eigenvalue weighted by Crippen LogP contribution is -2.26. The van der Waals surface area contributed by atoms with Gasteiger partial charge < -0.3 is 25.0 Å². The molecule has 0 fully saturated rings. The van der Waals surface area contributed by atoms with E-state index in [1.54, 1.807) is 42.5 Å². The molecule has 0 aromatic heterocycles. The molecule has 4 rings (SSSR count). The quantitative estimate of drug-likeness (QED) is 0.159. The Morgan fingerprint density at radius 3 is 2.17 bits per heavy atom. The second kappa shape index (κ2) is 13.8. The Hall–Kier alpha value is -4.38. The second-order valence-corrected chi connectivity index (χ2v) is 11.1. The zero-order valence-corrected chi connectivity index (χ0v) is 23.3. The lowest BCUT2D eigenvalue weighted by Gasteiger charge is -2.17. The first-order valence-corrected chi connectivity index (χ1v) is 14.8. The summed E-state index contributed by atoms with van der Waals surface area (Å²) in [5.74, 6) is 0.0814. The molecular formula is C31H32N2O7S. The van der Waals surface area contributed by atoms with Crippen molar-refractivity contribution in [3.05, 3.63) is 114 Å². The number of aliphatic hydroxyl groups excluding tert-OH is 1. The van der Waals surface area contributed by atoms with Gasteiger partial charge in [-0.05, 0) is 58.7 Å². The molecule has 0 saturated carbocycles. The van der Waals surface area contributed by atoms with Crippen molar-refractivity contribution in [3.63, 3.8) is 0 Å². The van der Waals surface area contributed by atoms with E-state index in [9.17, 15) is 18.3 Å². The number of benzene rings is 4. The molecular weight excluding hydrogens is 544 g/mol. The summed E-state index contributed by atoms with van der Waals surface area (Å²) in [5.41, 5.74) is 3.81. The third-order valence-corrected chi connectivity index (χ3v) is 6.72. The average Bonchev–Trinajstić information content (AvgIpc) is 2.96. The fourth-order valence-electron chi connectivity index (χ4n) is 4.04. The Labute approximate surface area is 239 Å². The average molecular weight is 577 g/mol. The molecule has 0 amide bonds. The fourth-order valence-corrected chi connectivity index (χ4v) is 4.60. The van der Waals surface area contributed by atoms with Crippen molar-refractivity contribution in [2.24, 2.45) is 0 Å². The Kier molecular flexibility index (Phi) is 9.96. The van der Waals surface area contributed by atoms with Crippen LogP contribution in [0.15, 0.2) is 97.1 Å². The van der Waals surface area contributed by atoms with Gasteiger partial charge in [0.15, 0.2) is 0 Å². The van der Waals surface area contributed by atoms with Gasteiger partial charge in [0, 0.05) is 13.1 Å². The van der Waals surface area contributed by atoms with Crippen molar-refractivity contribution in [2.45, 2.75) is 12.7 Å². The molecule has 0 unspecified atom stereocenters. The van der Waals surface area contributed by atoms with E-state index in [1.165, 1.54) is 0 Å². The van der Waals surface area contributed by atoms with Crippen LogP contribution in [0.2, 0.25) is 0 Å². The standard InChI is InChI=1S/C31H32N2O7S/c1-41(37,38)33-28-19-26(13-16-30(28)40-21-22-5-3-2-4-6-22)29(34)20-32-17-18-39-27-14-11-24(12-15-27)23-7-9-25(10-8-23)31(35)36/h2-16,19,29,32-34H,17-18,20-21H2,1H3,(H,35,36)/t29-/m0/s1. The van der Waals surface area contributed by atoms with Gasteiger partial charge >= 0.3 is 5.97 Å². The van der Waals surface area contributed by atoms with E-state index < -0.39 is 22.1 Å². The highest BCUT2D eigenvalue weighted by Gasteiger charge is 2.14. The molecule has 0 radical (unpaired) electrons. The molecule has 10 heteroatoms. The predicted octanol–water partition coefficient (Wildman–Crippen LogP) is 4.70. The molecule has 0 aliphatic heterocycles. The third kappa shape index (κ3) is 9.07. The van der Waals surface area contributed by atoms with Gasteiger partial charge in [-0.25, -0.2) is 13.2 Å². The number of anilines is 1. The summed E-state index contributed by atoms with van der Waals surface area (Å²) >= 11 is 0. The van der Waals surface area contributed by atoms with E-state index in [0.29, 0.717) is 30.2 Å². The van der Waals surface area contributed by atoms with Gasteiger partial charge in [0.1, 0.15) is 24.7 Å².